The van der Waals surface area contributed by atoms with Gasteiger partial charge in [-0.3, -0.25) is 0 Å². The standard InChI is InChI=1S/C5H6N2O/c6-3-1-5-2-4-7-8-5/h2,7H,1,4H2. The summed E-state index contributed by atoms with van der Waals surface area (Å²) in [4.78, 5) is 4.78. The van der Waals surface area contributed by atoms with Gasteiger partial charge in [0.15, 0.2) is 0 Å². The Balaban J connectivity index is 2.36. The van der Waals surface area contributed by atoms with Crippen molar-refractivity contribution in [1.29, 1.82) is 5.26 Å². The molecule has 0 saturated heterocycles. The summed E-state index contributed by atoms with van der Waals surface area (Å²) in [7, 11) is 0. The van der Waals surface area contributed by atoms with E-state index < -0.39 is 0 Å². The number of rotatable bonds is 1. The van der Waals surface area contributed by atoms with Crippen LogP contribution < -0.4 is 5.48 Å². The van der Waals surface area contributed by atoms with Crippen LogP contribution in [0.2, 0.25) is 0 Å². The number of hydrogen-bond donors (Lipinski definition) is 1. The molecule has 42 valence electrons. The molecule has 0 aromatic heterocycles. The lowest BCUT2D eigenvalue weighted by Gasteiger charge is -1.93. The first-order chi connectivity index (χ1) is 3.93. The first kappa shape index (κ1) is 5.13. The third-order valence-electron chi connectivity index (χ3n) is 0.870. The van der Waals surface area contributed by atoms with E-state index in [1.54, 1.807) is 0 Å². The summed E-state index contributed by atoms with van der Waals surface area (Å²) < 4.78 is 0. The maximum atomic E-state index is 8.13. The Morgan fingerprint density at radius 2 is 2.88 bits per heavy atom. The van der Waals surface area contributed by atoms with Crippen molar-refractivity contribution in [2.24, 2.45) is 0 Å². The fourth-order valence-electron chi connectivity index (χ4n) is 0.518. The van der Waals surface area contributed by atoms with Crippen molar-refractivity contribution in [3.8, 4) is 6.07 Å². The first-order valence-corrected chi connectivity index (χ1v) is 2.39. The predicted molar refractivity (Wildman–Crippen MR) is 27.4 cm³/mol. The van der Waals surface area contributed by atoms with Gasteiger partial charge in [0.05, 0.1) is 19.0 Å². The van der Waals surface area contributed by atoms with Gasteiger partial charge < -0.3 is 4.84 Å². The van der Waals surface area contributed by atoms with Crippen LogP contribution in [-0.4, -0.2) is 6.54 Å². The van der Waals surface area contributed by atoms with Crippen LogP contribution in [0.4, 0.5) is 0 Å². The minimum Gasteiger partial charge on any atom is -0.412 e. The van der Waals surface area contributed by atoms with Crippen molar-refractivity contribution >= 4 is 0 Å². The predicted octanol–water partition coefficient (Wildman–Crippen LogP) is 0.319. The maximum Gasteiger partial charge on any atom is 0.135 e. The normalized spacial score (nSPS) is 16.6. The van der Waals surface area contributed by atoms with Gasteiger partial charge in [0, 0.05) is 0 Å². The molecule has 0 saturated carbocycles. The number of nitrogens with zero attached hydrogens (tertiary/aromatic N) is 1. The van der Waals surface area contributed by atoms with Crippen LogP contribution in [0, 0.1) is 11.3 Å². The minimum atomic E-state index is 0.368. The van der Waals surface area contributed by atoms with Crippen molar-refractivity contribution in [3.05, 3.63) is 11.8 Å². The number of nitrogens with one attached hydrogen (secondary N) is 1. The van der Waals surface area contributed by atoms with Crippen LogP contribution in [-0.2, 0) is 4.84 Å². The second-order valence-corrected chi connectivity index (χ2v) is 1.46. The van der Waals surface area contributed by atoms with Gasteiger partial charge in [0.1, 0.15) is 5.76 Å². The number of nitriles is 1. The molecule has 0 spiro atoms. The summed E-state index contributed by atoms with van der Waals surface area (Å²) >= 11 is 0. The van der Waals surface area contributed by atoms with E-state index in [2.05, 4.69) is 5.48 Å². The zero-order valence-corrected chi connectivity index (χ0v) is 4.35. The third-order valence-corrected chi connectivity index (χ3v) is 0.870. The fraction of sp³-hybridized carbons (Fsp3) is 0.400. The largest absolute Gasteiger partial charge is 0.412 e. The average molecular weight is 110 g/mol. The molecule has 0 amide bonds. The molecule has 0 bridgehead atoms. The van der Waals surface area contributed by atoms with E-state index in [1.165, 1.54) is 0 Å². The van der Waals surface area contributed by atoms with Crippen molar-refractivity contribution in [2.45, 2.75) is 6.42 Å². The molecule has 1 aliphatic rings. The summed E-state index contributed by atoms with van der Waals surface area (Å²) in [6, 6.07) is 1.98. The lowest BCUT2D eigenvalue weighted by atomic mass is 10.4. The monoisotopic (exact) mass is 110 g/mol. The molecule has 0 atom stereocenters. The minimum absolute atomic E-state index is 0.368. The van der Waals surface area contributed by atoms with Gasteiger partial charge in [-0.1, -0.05) is 0 Å². The highest BCUT2D eigenvalue weighted by Crippen LogP contribution is 2.03. The Kier molecular flexibility index (Phi) is 1.50. The molecule has 0 unspecified atom stereocenters. The van der Waals surface area contributed by atoms with Crippen LogP contribution in [0.3, 0.4) is 0 Å². The molecule has 1 aliphatic heterocycles. The molecule has 0 aromatic rings. The first-order valence-electron chi connectivity index (χ1n) is 2.39. The van der Waals surface area contributed by atoms with Crippen molar-refractivity contribution in [2.75, 3.05) is 6.54 Å². The molecule has 3 nitrogen and oxygen atoms in total. The van der Waals surface area contributed by atoms with E-state index in [0.717, 1.165) is 12.3 Å². The summed E-state index contributed by atoms with van der Waals surface area (Å²) in [6.45, 7) is 0.719. The van der Waals surface area contributed by atoms with Gasteiger partial charge in [0.2, 0.25) is 0 Å². The van der Waals surface area contributed by atoms with Crippen molar-refractivity contribution in [1.82, 2.24) is 5.48 Å². The highest BCUT2D eigenvalue weighted by atomic mass is 16.7. The number of hydrogen-bond acceptors (Lipinski definition) is 3. The molecule has 0 radical (unpaired) electrons. The molecule has 1 rings (SSSR count). The van der Waals surface area contributed by atoms with E-state index >= 15 is 0 Å². The number of allylic oxidation sites excluding steroid dienone is 1. The molecule has 1 heterocycles. The Morgan fingerprint density at radius 3 is 3.38 bits per heavy atom. The van der Waals surface area contributed by atoms with Crippen LogP contribution in [0.25, 0.3) is 0 Å². The van der Waals surface area contributed by atoms with Crippen molar-refractivity contribution < 1.29 is 4.84 Å². The molecule has 0 aliphatic carbocycles. The highest BCUT2D eigenvalue weighted by molar-refractivity contribution is 5.03. The molecule has 0 aromatic carbocycles. The zero-order valence-electron chi connectivity index (χ0n) is 4.35. The quantitative estimate of drug-likeness (QED) is 0.528. The molecule has 8 heavy (non-hydrogen) atoms. The van der Waals surface area contributed by atoms with Gasteiger partial charge in [-0.15, -0.1) is 0 Å². The van der Waals surface area contributed by atoms with Crippen LogP contribution >= 0.6 is 0 Å². The van der Waals surface area contributed by atoms with Gasteiger partial charge in [0.25, 0.3) is 0 Å². The summed E-state index contributed by atoms with van der Waals surface area (Å²) in [5, 5.41) is 8.13. The van der Waals surface area contributed by atoms with Crippen LogP contribution in [0.15, 0.2) is 11.8 Å². The summed E-state index contributed by atoms with van der Waals surface area (Å²) in [6.07, 6.45) is 2.22. The van der Waals surface area contributed by atoms with Crippen LogP contribution in [0.5, 0.6) is 0 Å². The average Bonchev–Trinajstić information content (AvgIpc) is 2.19. The molecular weight excluding hydrogens is 104 g/mol. The Hall–Kier alpha value is -1.01. The topological polar surface area (TPSA) is 45.0 Å². The highest BCUT2D eigenvalue weighted by Gasteiger charge is 2.01. The maximum absolute atomic E-state index is 8.13. The van der Waals surface area contributed by atoms with E-state index in [9.17, 15) is 0 Å². The lowest BCUT2D eigenvalue weighted by molar-refractivity contribution is 0.136. The Bertz CT molecular complexity index is 145. The van der Waals surface area contributed by atoms with Gasteiger partial charge in [-0.25, -0.2) is 0 Å². The number of hydroxylamine groups is 1. The van der Waals surface area contributed by atoms with E-state index in [4.69, 9.17) is 10.1 Å². The van der Waals surface area contributed by atoms with Crippen molar-refractivity contribution in [3.63, 3.8) is 0 Å². The SMILES string of the molecule is N#CCC1=CCNO1. The third kappa shape index (κ3) is 0.983. The Labute approximate surface area is 47.5 Å². The van der Waals surface area contributed by atoms with Gasteiger partial charge >= 0.3 is 0 Å². The molecular formula is C5H6N2O. The zero-order chi connectivity index (χ0) is 5.82. The fourth-order valence-corrected chi connectivity index (χ4v) is 0.518. The Morgan fingerprint density at radius 1 is 2.00 bits per heavy atom. The second kappa shape index (κ2) is 2.34. The van der Waals surface area contributed by atoms with Gasteiger partial charge in [-0.05, 0) is 6.08 Å². The molecule has 1 N–H and O–H groups in total. The summed E-state index contributed by atoms with van der Waals surface area (Å²) in [5.41, 5.74) is 2.61. The van der Waals surface area contributed by atoms with E-state index in [0.29, 0.717) is 6.42 Å². The second-order valence-electron chi connectivity index (χ2n) is 1.46. The molecule has 3 heteroatoms. The van der Waals surface area contributed by atoms with E-state index in [1.807, 2.05) is 12.1 Å². The lowest BCUT2D eigenvalue weighted by Crippen LogP contribution is -2.04. The molecule has 0 fully saturated rings. The van der Waals surface area contributed by atoms with E-state index in [-0.39, 0.29) is 0 Å². The smallest absolute Gasteiger partial charge is 0.135 e. The van der Waals surface area contributed by atoms with Crippen LogP contribution in [0.1, 0.15) is 6.42 Å². The summed E-state index contributed by atoms with van der Waals surface area (Å²) in [5.74, 6) is 0.729. The van der Waals surface area contributed by atoms with Gasteiger partial charge in [-0.2, -0.15) is 10.7 Å².